The molecule has 5 rings (SSSR count). The maximum absolute atomic E-state index is 13.1. The van der Waals surface area contributed by atoms with Crippen LogP contribution in [0.5, 0.6) is 23.0 Å². The second kappa shape index (κ2) is 15.1. The number of methoxy groups -OCH3 is 3. The molecule has 1 heterocycles. The third kappa shape index (κ3) is 7.80. The number of nitro groups is 1. The second-order valence-electron chi connectivity index (χ2n) is 9.90. The third-order valence-corrected chi connectivity index (χ3v) is 9.03. The number of halogens is 2. The Morgan fingerprint density at radius 2 is 1.57 bits per heavy atom. The van der Waals surface area contributed by atoms with Crippen LogP contribution in [-0.2, 0) is 0 Å². The first-order chi connectivity index (χ1) is 23.5. The van der Waals surface area contributed by atoms with Crippen molar-refractivity contribution in [3.05, 3.63) is 114 Å². The molecule has 16 heteroatoms. The number of anilines is 1. The van der Waals surface area contributed by atoms with E-state index in [4.69, 9.17) is 30.5 Å². The molecule has 0 radical (unpaired) electrons. The van der Waals surface area contributed by atoms with E-state index >= 15 is 0 Å². The molecule has 250 valence electrons. The number of amides is 2. The molecule has 0 saturated heterocycles. The van der Waals surface area contributed by atoms with Crippen LogP contribution in [0.1, 0.15) is 36.0 Å². The first-order valence-electron chi connectivity index (χ1n) is 14.0. The van der Waals surface area contributed by atoms with Gasteiger partial charge in [-0.1, -0.05) is 27.5 Å². The van der Waals surface area contributed by atoms with Crippen molar-refractivity contribution in [2.45, 2.75) is 0 Å². The van der Waals surface area contributed by atoms with Crippen molar-refractivity contribution in [3.63, 3.8) is 0 Å². The van der Waals surface area contributed by atoms with Gasteiger partial charge in [-0.3, -0.25) is 19.7 Å². The smallest absolute Gasteiger partial charge is 0.343 e. The molecule has 0 atom stereocenters. The highest BCUT2D eigenvalue weighted by atomic mass is 79.9. The molecule has 5 aromatic rings. The molecule has 13 nitrogen and oxygen atoms in total. The molecule has 2 amide bonds. The summed E-state index contributed by atoms with van der Waals surface area (Å²) in [5.41, 5.74) is 3.46. The molecule has 2 N–H and O–H groups in total. The maximum Gasteiger partial charge on any atom is 0.343 e. The van der Waals surface area contributed by atoms with Crippen LogP contribution in [-0.4, -0.2) is 50.3 Å². The number of nitro benzene ring substituents is 1. The van der Waals surface area contributed by atoms with Gasteiger partial charge in [0.2, 0.25) is 5.75 Å². The number of esters is 1. The van der Waals surface area contributed by atoms with E-state index in [1.54, 1.807) is 18.2 Å². The molecule has 0 unspecified atom stereocenters. The Morgan fingerprint density at radius 3 is 2.20 bits per heavy atom. The maximum atomic E-state index is 13.1. The van der Waals surface area contributed by atoms with Gasteiger partial charge in [-0.05, 0) is 60.7 Å². The van der Waals surface area contributed by atoms with Crippen molar-refractivity contribution >= 4 is 84.3 Å². The SMILES string of the molecule is COc1cc(C(=O)Oc2ccc(Br)cc2/C=N\NC(=O)c2ccc(NC(=O)c3sc4cc([N+](=O)[O-])ccc4c3Cl)cc2)cc(OC)c1OC. The minimum atomic E-state index is -0.703. The number of hydrazone groups is 1. The summed E-state index contributed by atoms with van der Waals surface area (Å²) < 4.78 is 22.7. The lowest BCUT2D eigenvalue weighted by atomic mass is 10.1. The van der Waals surface area contributed by atoms with Crippen molar-refractivity contribution in [3.8, 4) is 23.0 Å². The molecule has 4 aromatic carbocycles. The van der Waals surface area contributed by atoms with E-state index in [2.05, 4.69) is 31.8 Å². The van der Waals surface area contributed by atoms with Crippen LogP contribution < -0.4 is 29.7 Å². The molecular formula is C33H24BrClN4O9S. The zero-order chi connectivity index (χ0) is 35.2. The minimum absolute atomic E-state index is 0.108. The highest BCUT2D eigenvalue weighted by molar-refractivity contribution is 9.10. The Labute approximate surface area is 295 Å². The first-order valence-corrected chi connectivity index (χ1v) is 15.9. The van der Waals surface area contributed by atoms with Crippen molar-refractivity contribution < 1.29 is 38.3 Å². The zero-order valence-electron chi connectivity index (χ0n) is 25.7. The standard InChI is InChI=1S/C33H24BrClN4O9S/c1-45-25-13-18(14-26(46-2)29(25)47-3)33(42)48-24-11-6-20(34)12-19(24)16-36-38-31(40)17-4-7-21(8-5-17)37-32(41)30-28(35)23-10-9-22(39(43)44)15-27(23)49-30/h4-16H,1-3H3,(H,37,41)(H,38,40)/b36-16-. The third-order valence-electron chi connectivity index (χ3n) is 6.88. The van der Waals surface area contributed by atoms with Gasteiger partial charge in [0.15, 0.2) is 11.5 Å². The Bertz CT molecular complexity index is 2110. The largest absolute Gasteiger partial charge is 0.493 e. The van der Waals surface area contributed by atoms with Crippen LogP contribution in [0, 0.1) is 10.1 Å². The van der Waals surface area contributed by atoms with Crippen LogP contribution in [0.2, 0.25) is 5.02 Å². The number of nitrogens with one attached hydrogen (secondary N) is 2. The quantitative estimate of drug-likeness (QED) is 0.0455. The van der Waals surface area contributed by atoms with E-state index < -0.39 is 22.7 Å². The van der Waals surface area contributed by atoms with Gasteiger partial charge >= 0.3 is 5.97 Å². The van der Waals surface area contributed by atoms with E-state index in [1.807, 2.05) is 0 Å². The van der Waals surface area contributed by atoms with Crippen LogP contribution in [0.3, 0.4) is 0 Å². The van der Waals surface area contributed by atoms with Gasteiger partial charge in [-0.15, -0.1) is 11.3 Å². The second-order valence-corrected chi connectivity index (χ2v) is 12.2. The first kappa shape index (κ1) is 34.8. The van der Waals surface area contributed by atoms with Crippen LogP contribution >= 0.6 is 38.9 Å². The molecule has 0 aliphatic rings. The lowest BCUT2D eigenvalue weighted by Gasteiger charge is -2.14. The zero-order valence-corrected chi connectivity index (χ0v) is 28.9. The summed E-state index contributed by atoms with van der Waals surface area (Å²) in [6.07, 6.45) is 1.32. The Morgan fingerprint density at radius 1 is 0.878 bits per heavy atom. The molecule has 0 fully saturated rings. The fourth-order valence-electron chi connectivity index (χ4n) is 4.50. The lowest BCUT2D eigenvalue weighted by molar-refractivity contribution is -0.384. The van der Waals surface area contributed by atoms with Crippen molar-refractivity contribution in [1.29, 1.82) is 0 Å². The predicted octanol–water partition coefficient (Wildman–Crippen LogP) is 7.49. The van der Waals surface area contributed by atoms with E-state index in [-0.39, 0.29) is 44.0 Å². The Kier molecular flexibility index (Phi) is 10.8. The molecule has 1 aromatic heterocycles. The van der Waals surface area contributed by atoms with E-state index in [1.165, 1.54) is 82.1 Å². The van der Waals surface area contributed by atoms with Gasteiger partial charge in [0, 0.05) is 43.5 Å². The number of rotatable bonds is 11. The van der Waals surface area contributed by atoms with Gasteiger partial charge in [0.25, 0.3) is 17.5 Å². The molecule has 0 saturated carbocycles. The van der Waals surface area contributed by atoms with Crippen LogP contribution in [0.4, 0.5) is 11.4 Å². The number of carbonyl (C=O) groups excluding carboxylic acids is 3. The number of carbonyl (C=O) groups is 3. The number of benzene rings is 4. The molecule has 0 aliphatic carbocycles. The van der Waals surface area contributed by atoms with Crippen LogP contribution in [0.15, 0.2) is 82.4 Å². The fraction of sp³-hybridized carbons (Fsp3) is 0.0909. The average Bonchev–Trinajstić information content (AvgIpc) is 3.44. The topological polar surface area (TPSA) is 168 Å². The summed E-state index contributed by atoms with van der Waals surface area (Å²) in [5.74, 6) is -0.717. The number of non-ortho nitro benzene ring substituents is 1. The summed E-state index contributed by atoms with van der Waals surface area (Å²) in [4.78, 5) is 49.6. The van der Waals surface area contributed by atoms with Crippen molar-refractivity contribution in [1.82, 2.24) is 5.43 Å². The number of thiophene rings is 1. The summed E-state index contributed by atoms with van der Waals surface area (Å²) in [6.45, 7) is 0. The van der Waals surface area contributed by atoms with E-state index in [9.17, 15) is 24.5 Å². The van der Waals surface area contributed by atoms with Gasteiger partial charge in [0.1, 0.15) is 10.6 Å². The monoisotopic (exact) mass is 766 g/mol. The van der Waals surface area contributed by atoms with E-state index in [0.717, 1.165) is 11.3 Å². The van der Waals surface area contributed by atoms with Crippen molar-refractivity contribution in [2.75, 3.05) is 26.6 Å². The minimum Gasteiger partial charge on any atom is -0.493 e. The molecule has 49 heavy (non-hydrogen) atoms. The van der Waals surface area contributed by atoms with Crippen molar-refractivity contribution in [2.24, 2.45) is 5.10 Å². The lowest BCUT2D eigenvalue weighted by Crippen LogP contribution is -2.18. The van der Waals surface area contributed by atoms with Gasteiger partial charge < -0.3 is 24.3 Å². The number of hydrogen-bond acceptors (Lipinski definition) is 11. The van der Waals surface area contributed by atoms with E-state index in [0.29, 0.717) is 31.6 Å². The molecule has 0 spiro atoms. The summed E-state index contributed by atoms with van der Waals surface area (Å²) in [5, 5.41) is 18.5. The normalized spacial score (nSPS) is 10.9. The summed E-state index contributed by atoms with van der Waals surface area (Å²) in [6, 6.07) is 18.0. The predicted molar refractivity (Wildman–Crippen MR) is 188 cm³/mol. The van der Waals surface area contributed by atoms with Gasteiger partial charge in [-0.2, -0.15) is 5.10 Å². The Balaban J connectivity index is 1.24. The number of hydrogen-bond donors (Lipinski definition) is 2. The molecule has 0 bridgehead atoms. The summed E-state index contributed by atoms with van der Waals surface area (Å²) in [7, 11) is 4.31. The van der Waals surface area contributed by atoms with Gasteiger partial charge in [-0.25, -0.2) is 10.2 Å². The van der Waals surface area contributed by atoms with Crippen LogP contribution in [0.25, 0.3) is 10.1 Å². The highest BCUT2D eigenvalue weighted by Gasteiger charge is 2.21. The number of ether oxygens (including phenoxy) is 4. The molecule has 0 aliphatic heterocycles. The fourth-order valence-corrected chi connectivity index (χ4v) is 6.33. The highest BCUT2D eigenvalue weighted by Crippen LogP contribution is 2.39. The van der Waals surface area contributed by atoms with Gasteiger partial charge in [0.05, 0.1) is 43.1 Å². The molecular weight excluding hydrogens is 744 g/mol. The average molecular weight is 768 g/mol. The Hall–Kier alpha value is -5.51. The number of nitrogens with zero attached hydrogens (tertiary/aromatic N) is 2. The number of fused-ring (bicyclic) bond motifs is 1. The summed E-state index contributed by atoms with van der Waals surface area (Å²) >= 11 is 10.8.